The Bertz CT molecular complexity index is 1960. The third kappa shape index (κ3) is 18.9. The minimum absolute atomic E-state index is 0. The molecule has 492 valence electrons. The highest BCUT2D eigenvalue weighted by molar-refractivity contribution is 5.76. The molecule has 12 saturated carbocycles. The average molecular weight is 1200 g/mol. The van der Waals surface area contributed by atoms with Crippen LogP contribution in [0.2, 0.25) is 0 Å². The highest BCUT2D eigenvalue weighted by Crippen LogP contribution is 2.62. The van der Waals surface area contributed by atoms with Crippen molar-refractivity contribution in [1.82, 2.24) is 0 Å². The van der Waals surface area contributed by atoms with E-state index in [4.69, 9.17) is 42.6 Å². The van der Waals surface area contributed by atoms with Gasteiger partial charge >= 0.3 is 35.8 Å². The van der Waals surface area contributed by atoms with E-state index in [0.29, 0.717) is 35.5 Å². The number of hydrogen-bond acceptors (Lipinski definition) is 15. The van der Waals surface area contributed by atoms with Crippen LogP contribution in [0.3, 0.4) is 0 Å². The Labute approximate surface area is 512 Å². The average Bonchev–Trinajstić information content (AvgIpc) is 3.54. The molecule has 15 nitrogen and oxygen atoms in total. The lowest BCUT2D eigenvalue weighted by atomic mass is 9.49. The van der Waals surface area contributed by atoms with Gasteiger partial charge in [-0.05, 0) is 235 Å². The molecule has 1 unspecified atom stereocenters. The van der Waals surface area contributed by atoms with E-state index in [1.807, 2.05) is 55.4 Å². The third-order valence-corrected chi connectivity index (χ3v) is 21.5. The molecule has 12 aliphatic rings. The first-order valence-corrected chi connectivity index (χ1v) is 30.9. The van der Waals surface area contributed by atoms with Crippen molar-refractivity contribution < 1.29 is 71.4 Å². The molecule has 0 aromatic rings. The van der Waals surface area contributed by atoms with Gasteiger partial charge in [0.2, 0.25) is 0 Å². The van der Waals surface area contributed by atoms with Crippen LogP contribution in [0.4, 0.5) is 0 Å². The van der Waals surface area contributed by atoms with Crippen molar-refractivity contribution in [2.45, 2.75) is 260 Å². The van der Waals surface area contributed by atoms with Gasteiger partial charge in [0.1, 0.15) is 56.4 Å². The predicted octanol–water partition coefficient (Wildman–Crippen LogP) is 15.0. The van der Waals surface area contributed by atoms with E-state index in [-0.39, 0.29) is 163 Å². The van der Waals surface area contributed by atoms with Crippen molar-refractivity contribution in [1.29, 1.82) is 0 Å². The van der Waals surface area contributed by atoms with E-state index >= 15 is 0 Å². The highest BCUT2D eigenvalue weighted by Gasteiger charge is 2.60. The maximum absolute atomic E-state index is 12.4. The molecule has 0 N–H and O–H groups in total. The summed E-state index contributed by atoms with van der Waals surface area (Å²) in [4.78, 5) is 72.3. The molecule has 0 aliphatic heterocycles. The topological polar surface area (TPSA) is 185 Å². The lowest BCUT2D eigenvalue weighted by Crippen LogP contribution is -2.59. The minimum atomic E-state index is -0.480. The Hall–Kier alpha value is -3.30. The third-order valence-electron chi connectivity index (χ3n) is 21.5. The lowest BCUT2D eigenvalue weighted by Gasteiger charge is -2.60. The Balaban J connectivity index is 0.000000609. The molecule has 12 rings (SSSR count). The molecular formula is C69H126O15. The van der Waals surface area contributed by atoms with Crippen molar-refractivity contribution in [2.75, 3.05) is 59.5 Å². The molecular weight excluding hydrogens is 1070 g/mol. The summed E-state index contributed by atoms with van der Waals surface area (Å²) in [5.74, 6) is 6.61. The van der Waals surface area contributed by atoms with Gasteiger partial charge in [-0.15, -0.1) is 0 Å². The van der Waals surface area contributed by atoms with Crippen LogP contribution in [-0.4, -0.2) is 112 Å². The van der Waals surface area contributed by atoms with Crippen molar-refractivity contribution >= 4 is 35.8 Å². The first kappa shape index (κ1) is 78.7. The molecule has 1 atom stereocenters. The van der Waals surface area contributed by atoms with Gasteiger partial charge in [-0.2, -0.15) is 0 Å². The normalized spacial score (nSPS) is 33.0. The summed E-state index contributed by atoms with van der Waals surface area (Å²) in [6.07, 6.45) is 21.8. The Morgan fingerprint density at radius 3 is 0.952 bits per heavy atom. The summed E-state index contributed by atoms with van der Waals surface area (Å²) in [6.45, 7) is 22.5. The van der Waals surface area contributed by atoms with E-state index in [9.17, 15) is 28.8 Å². The fraction of sp³-hybridized carbons (Fsp3) is 0.913. The minimum Gasteiger partial charge on any atom is -0.463 e. The Morgan fingerprint density at radius 1 is 0.405 bits per heavy atom. The second kappa shape index (κ2) is 33.9. The second-order valence-electron chi connectivity index (χ2n) is 27.4. The van der Waals surface area contributed by atoms with Gasteiger partial charge in [-0.1, -0.05) is 79.2 Å². The Morgan fingerprint density at radius 2 is 0.679 bits per heavy atom. The van der Waals surface area contributed by atoms with Crippen LogP contribution in [-0.2, 0) is 71.4 Å². The zero-order valence-electron chi connectivity index (χ0n) is 49.9. The maximum Gasteiger partial charge on any atom is 0.332 e. The van der Waals surface area contributed by atoms with Crippen molar-refractivity contribution in [3.63, 3.8) is 0 Å². The van der Waals surface area contributed by atoms with E-state index in [0.717, 1.165) is 61.2 Å². The first-order chi connectivity index (χ1) is 37.0. The Kier molecular flexibility index (Phi) is 31.8. The number of esters is 6. The maximum atomic E-state index is 12.4. The number of ether oxygens (including phenoxy) is 9. The van der Waals surface area contributed by atoms with Crippen LogP contribution in [0.15, 0.2) is 0 Å². The molecule has 0 spiro atoms. The van der Waals surface area contributed by atoms with Crippen LogP contribution in [0.1, 0.15) is 243 Å². The molecule has 0 aromatic heterocycles. The smallest absolute Gasteiger partial charge is 0.332 e. The molecule has 12 fully saturated rings. The van der Waals surface area contributed by atoms with Crippen LogP contribution < -0.4 is 0 Å². The SMILES string of the molecule is C.C.C.C.C.C.CCC(C)(C)C(=O)OCCOCC(=O)OC1(C)C2CC3CC(C2)CC1C3.CCC(C)(C)C(=O)OCCOCC(=O)OC1(CC)C2CC3CC(C2)CC1C3.CCC(C)C(=O)OCCOCC(=O)OC1(C)C2CC3CC(C2)CC1C3. The second-order valence-corrected chi connectivity index (χ2v) is 27.4. The van der Waals surface area contributed by atoms with Crippen molar-refractivity contribution in [3.05, 3.63) is 0 Å². The molecule has 15 heteroatoms. The quantitative estimate of drug-likeness (QED) is 0.0477. The number of rotatable bonds is 25. The van der Waals surface area contributed by atoms with Crippen LogP contribution in [0, 0.1) is 87.8 Å². The summed E-state index contributed by atoms with van der Waals surface area (Å²) < 4.78 is 49.7. The van der Waals surface area contributed by atoms with Crippen molar-refractivity contribution in [2.24, 2.45) is 87.8 Å². The molecule has 12 bridgehead atoms. The van der Waals surface area contributed by atoms with Gasteiger partial charge in [0, 0.05) is 0 Å². The molecule has 84 heavy (non-hydrogen) atoms. The zero-order chi connectivity index (χ0) is 56.6. The van der Waals surface area contributed by atoms with E-state index in [2.05, 4.69) is 20.8 Å². The highest BCUT2D eigenvalue weighted by atomic mass is 16.6. The van der Waals surface area contributed by atoms with Crippen LogP contribution >= 0.6 is 0 Å². The number of carbonyl (C=O) groups is 6. The van der Waals surface area contributed by atoms with E-state index < -0.39 is 10.8 Å². The zero-order valence-corrected chi connectivity index (χ0v) is 49.9. The van der Waals surface area contributed by atoms with E-state index in [1.165, 1.54) is 96.3 Å². The molecule has 0 amide bonds. The summed E-state index contributed by atoms with van der Waals surface area (Å²) in [5.41, 5.74) is -1.85. The van der Waals surface area contributed by atoms with Gasteiger partial charge in [0.15, 0.2) is 0 Å². The van der Waals surface area contributed by atoms with Gasteiger partial charge < -0.3 is 42.6 Å². The van der Waals surface area contributed by atoms with Gasteiger partial charge in [-0.3, -0.25) is 14.4 Å². The fourth-order valence-corrected chi connectivity index (χ4v) is 16.2. The summed E-state index contributed by atoms with van der Waals surface area (Å²) in [5, 5.41) is 0. The van der Waals surface area contributed by atoms with Gasteiger partial charge in [0.25, 0.3) is 0 Å². The van der Waals surface area contributed by atoms with Crippen molar-refractivity contribution in [3.8, 4) is 0 Å². The monoisotopic (exact) mass is 1190 g/mol. The predicted molar refractivity (Wildman–Crippen MR) is 333 cm³/mol. The summed E-state index contributed by atoms with van der Waals surface area (Å²) in [7, 11) is 0. The fourth-order valence-electron chi connectivity index (χ4n) is 16.2. The lowest BCUT2D eigenvalue weighted by molar-refractivity contribution is -0.214. The molecule has 0 heterocycles. The molecule has 0 radical (unpaired) electrons. The van der Waals surface area contributed by atoms with Crippen LogP contribution in [0.5, 0.6) is 0 Å². The number of carbonyl (C=O) groups excluding carboxylic acids is 6. The molecule has 0 saturated heterocycles. The summed E-state index contributed by atoms with van der Waals surface area (Å²) >= 11 is 0. The summed E-state index contributed by atoms with van der Waals surface area (Å²) in [6, 6.07) is 0. The number of hydrogen-bond donors (Lipinski definition) is 0. The van der Waals surface area contributed by atoms with E-state index in [1.54, 1.807) is 0 Å². The van der Waals surface area contributed by atoms with Crippen LogP contribution in [0.25, 0.3) is 0 Å². The first-order valence-electron chi connectivity index (χ1n) is 30.9. The standard InChI is InChI=1S/C22H36O5.C21H34O5.C20H32O5.6CH4/c1-5-21(3,4)20(24)26-8-7-25-14-19(23)27-22(6-2)17-10-15-9-16(12-17)13-18(22)11-15;1-5-20(2,3)19(23)25-7-6-24-13-18(22)26-21(4)16-9-14-8-15(11-16)12-17(21)10-14;1-4-13(2)19(22)24-6-5-23-12-18(21)25-20(3)16-8-14-7-15(10-16)11-17(20)9-14;;;;;;/h15-18H,5-14H2,1-4H3;14-17H,5-13H2,1-4H3;13-17H,4-12H2,1-3H3;6*1H4. The van der Waals surface area contributed by atoms with Gasteiger partial charge in [0.05, 0.1) is 36.6 Å². The molecule has 12 aliphatic carbocycles. The molecule has 0 aromatic carbocycles. The largest absolute Gasteiger partial charge is 0.463 e. The van der Waals surface area contributed by atoms with Gasteiger partial charge in [-0.25, -0.2) is 14.4 Å².